The third-order valence-electron chi connectivity index (χ3n) is 2.50. The van der Waals surface area contributed by atoms with E-state index in [0.29, 0.717) is 12.8 Å². The minimum absolute atomic E-state index is 0.0591. The summed E-state index contributed by atoms with van der Waals surface area (Å²) in [5.41, 5.74) is 7.66. The van der Waals surface area contributed by atoms with Gasteiger partial charge in [0.1, 0.15) is 5.78 Å². The Kier molecular flexibility index (Phi) is 4.68. The maximum absolute atomic E-state index is 11.7. The van der Waals surface area contributed by atoms with E-state index in [0.717, 1.165) is 24.4 Å². The molecule has 0 aliphatic carbocycles. The molecule has 4 nitrogen and oxygen atoms in total. The van der Waals surface area contributed by atoms with E-state index < -0.39 is 0 Å². The summed E-state index contributed by atoms with van der Waals surface area (Å²) in [5.74, 6) is 0.187. The van der Waals surface area contributed by atoms with Gasteiger partial charge in [0.05, 0.1) is 5.69 Å². The average Bonchev–Trinajstić information content (AvgIpc) is 2.59. The van der Waals surface area contributed by atoms with Crippen LogP contribution < -0.4 is 5.73 Å². The standard InChI is InChI=1S/C12H21N3O/c1-4-10-7-11(15(5-2)14-10)8-12(16)6-9(3)13/h7,9H,4-6,8,13H2,1-3H3. The SMILES string of the molecule is CCc1cc(CC(=O)CC(C)N)n(CC)n1. The second kappa shape index (κ2) is 5.80. The molecule has 2 N–H and O–H groups in total. The van der Waals surface area contributed by atoms with Crippen LogP contribution in [0, 0.1) is 0 Å². The Morgan fingerprint density at radius 1 is 1.56 bits per heavy atom. The molecule has 1 atom stereocenters. The van der Waals surface area contributed by atoms with Crippen LogP contribution in [0.1, 0.15) is 38.6 Å². The first-order chi connectivity index (χ1) is 7.56. The molecular weight excluding hydrogens is 202 g/mol. The zero-order valence-corrected chi connectivity index (χ0v) is 10.4. The number of hydrogen-bond donors (Lipinski definition) is 1. The number of ketones is 1. The molecule has 16 heavy (non-hydrogen) atoms. The molecule has 0 aromatic carbocycles. The van der Waals surface area contributed by atoms with Crippen molar-refractivity contribution in [3.63, 3.8) is 0 Å². The molecule has 0 aliphatic heterocycles. The highest BCUT2D eigenvalue weighted by atomic mass is 16.1. The molecule has 0 bridgehead atoms. The summed E-state index contributed by atoms with van der Waals surface area (Å²) >= 11 is 0. The molecule has 0 spiro atoms. The van der Waals surface area contributed by atoms with Crippen molar-refractivity contribution in [3.8, 4) is 0 Å². The Bertz CT molecular complexity index is 355. The molecule has 1 aromatic heterocycles. The van der Waals surface area contributed by atoms with Crippen molar-refractivity contribution >= 4 is 5.78 Å². The molecule has 1 aromatic rings. The van der Waals surface area contributed by atoms with Crippen LogP contribution >= 0.6 is 0 Å². The van der Waals surface area contributed by atoms with E-state index in [1.807, 2.05) is 24.6 Å². The first-order valence-corrected chi connectivity index (χ1v) is 5.89. The van der Waals surface area contributed by atoms with Gasteiger partial charge in [-0.2, -0.15) is 5.10 Å². The van der Waals surface area contributed by atoms with Gasteiger partial charge in [0, 0.05) is 31.1 Å². The monoisotopic (exact) mass is 223 g/mol. The second-order valence-electron chi connectivity index (χ2n) is 4.19. The summed E-state index contributed by atoms with van der Waals surface area (Å²) in [6.45, 7) is 6.76. The zero-order valence-electron chi connectivity index (χ0n) is 10.4. The molecule has 1 unspecified atom stereocenters. The third kappa shape index (κ3) is 3.45. The van der Waals surface area contributed by atoms with Gasteiger partial charge in [-0.15, -0.1) is 0 Å². The van der Waals surface area contributed by atoms with Crippen molar-refractivity contribution in [3.05, 3.63) is 17.5 Å². The van der Waals surface area contributed by atoms with Crippen LogP contribution in [0.15, 0.2) is 6.07 Å². The smallest absolute Gasteiger partial charge is 0.140 e. The number of aromatic nitrogens is 2. The Hall–Kier alpha value is -1.16. The fourth-order valence-corrected chi connectivity index (χ4v) is 1.74. The number of hydrogen-bond acceptors (Lipinski definition) is 3. The van der Waals surface area contributed by atoms with E-state index in [2.05, 4.69) is 12.0 Å². The summed E-state index contributed by atoms with van der Waals surface area (Å²) < 4.78 is 1.90. The van der Waals surface area contributed by atoms with Crippen molar-refractivity contribution in [2.75, 3.05) is 0 Å². The van der Waals surface area contributed by atoms with Crippen LogP contribution in [0.5, 0.6) is 0 Å². The van der Waals surface area contributed by atoms with E-state index in [1.165, 1.54) is 0 Å². The van der Waals surface area contributed by atoms with Crippen molar-refractivity contribution in [2.45, 2.75) is 52.6 Å². The van der Waals surface area contributed by atoms with Gasteiger partial charge in [0.25, 0.3) is 0 Å². The largest absolute Gasteiger partial charge is 0.328 e. The predicted octanol–water partition coefficient (Wildman–Crippen LogP) is 1.31. The quantitative estimate of drug-likeness (QED) is 0.791. The number of nitrogens with zero attached hydrogens (tertiary/aromatic N) is 2. The van der Waals surface area contributed by atoms with Gasteiger partial charge in [-0.25, -0.2) is 0 Å². The van der Waals surface area contributed by atoms with Gasteiger partial charge in [-0.1, -0.05) is 6.92 Å². The highest BCUT2D eigenvalue weighted by Gasteiger charge is 2.11. The van der Waals surface area contributed by atoms with Gasteiger partial charge in [-0.3, -0.25) is 9.48 Å². The number of carbonyl (C=O) groups is 1. The molecule has 0 aliphatic rings. The maximum Gasteiger partial charge on any atom is 0.140 e. The number of carbonyl (C=O) groups excluding carboxylic acids is 1. The molecule has 0 saturated carbocycles. The lowest BCUT2D eigenvalue weighted by molar-refractivity contribution is -0.118. The van der Waals surface area contributed by atoms with E-state index in [1.54, 1.807) is 0 Å². The van der Waals surface area contributed by atoms with Crippen LogP contribution in [-0.4, -0.2) is 21.6 Å². The second-order valence-corrected chi connectivity index (χ2v) is 4.19. The van der Waals surface area contributed by atoms with Crippen LogP contribution in [0.2, 0.25) is 0 Å². The molecular formula is C12H21N3O. The Balaban J connectivity index is 2.71. The van der Waals surface area contributed by atoms with Gasteiger partial charge < -0.3 is 5.73 Å². The number of aryl methyl sites for hydroxylation is 2. The number of nitrogens with two attached hydrogens (primary N) is 1. The van der Waals surface area contributed by atoms with Crippen LogP contribution in [0.4, 0.5) is 0 Å². The number of rotatable bonds is 6. The highest BCUT2D eigenvalue weighted by molar-refractivity contribution is 5.81. The van der Waals surface area contributed by atoms with Gasteiger partial charge in [0.2, 0.25) is 0 Å². The van der Waals surface area contributed by atoms with Gasteiger partial charge >= 0.3 is 0 Å². The van der Waals surface area contributed by atoms with E-state index in [9.17, 15) is 4.79 Å². The van der Waals surface area contributed by atoms with E-state index in [4.69, 9.17) is 5.73 Å². The van der Waals surface area contributed by atoms with Crippen molar-refractivity contribution < 1.29 is 4.79 Å². The van der Waals surface area contributed by atoms with Gasteiger partial charge in [0.15, 0.2) is 0 Å². The molecule has 0 saturated heterocycles. The Morgan fingerprint density at radius 2 is 2.25 bits per heavy atom. The summed E-state index contributed by atoms with van der Waals surface area (Å²) in [7, 11) is 0. The maximum atomic E-state index is 11.7. The highest BCUT2D eigenvalue weighted by Crippen LogP contribution is 2.08. The summed E-state index contributed by atoms with van der Waals surface area (Å²) in [6.07, 6.45) is 1.79. The molecule has 0 radical (unpaired) electrons. The topological polar surface area (TPSA) is 60.9 Å². The fraction of sp³-hybridized carbons (Fsp3) is 0.667. The zero-order chi connectivity index (χ0) is 12.1. The molecule has 90 valence electrons. The first kappa shape index (κ1) is 12.9. The molecule has 1 heterocycles. The summed E-state index contributed by atoms with van der Waals surface area (Å²) in [5, 5.41) is 4.41. The Morgan fingerprint density at radius 3 is 2.75 bits per heavy atom. The normalized spacial score (nSPS) is 12.8. The fourth-order valence-electron chi connectivity index (χ4n) is 1.74. The lowest BCUT2D eigenvalue weighted by atomic mass is 10.1. The predicted molar refractivity (Wildman–Crippen MR) is 64.3 cm³/mol. The van der Waals surface area contributed by atoms with E-state index >= 15 is 0 Å². The van der Waals surface area contributed by atoms with Gasteiger partial charge in [-0.05, 0) is 26.3 Å². The summed E-state index contributed by atoms with van der Waals surface area (Å²) in [4.78, 5) is 11.7. The average molecular weight is 223 g/mol. The van der Waals surface area contributed by atoms with Crippen molar-refractivity contribution in [1.82, 2.24) is 9.78 Å². The lowest BCUT2D eigenvalue weighted by Crippen LogP contribution is -2.21. The Labute approximate surface area is 96.8 Å². The first-order valence-electron chi connectivity index (χ1n) is 5.89. The van der Waals surface area contributed by atoms with Crippen LogP contribution in [0.3, 0.4) is 0 Å². The van der Waals surface area contributed by atoms with Crippen molar-refractivity contribution in [1.29, 1.82) is 0 Å². The molecule has 0 amide bonds. The van der Waals surface area contributed by atoms with Crippen LogP contribution in [0.25, 0.3) is 0 Å². The molecule has 4 heteroatoms. The summed E-state index contributed by atoms with van der Waals surface area (Å²) in [6, 6.07) is 1.96. The van der Waals surface area contributed by atoms with E-state index in [-0.39, 0.29) is 11.8 Å². The number of Topliss-reactive ketones (excluding diaryl/α,β-unsaturated/α-hetero) is 1. The van der Waals surface area contributed by atoms with Crippen molar-refractivity contribution in [2.24, 2.45) is 5.73 Å². The minimum Gasteiger partial charge on any atom is -0.328 e. The molecule has 1 rings (SSSR count). The lowest BCUT2D eigenvalue weighted by Gasteiger charge is -2.05. The third-order valence-corrected chi connectivity index (χ3v) is 2.50. The molecule has 0 fully saturated rings. The minimum atomic E-state index is -0.0591. The van der Waals surface area contributed by atoms with Crippen LogP contribution in [-0.2, 0) is 24.2 Å².